The van der Waals surface area contributed by atoms with Crippen molar-refractivity contribution in [2.45, 2.75) is 315 Å². The molecule has 0 aliphatic rings. The van der Waals surface area contributed by atoms with E-state index in [0.717, 1.165) is 77.0 Å². The Morgan fingerprint density at radius 3 is 1.09 bits per heavy atom. The first-order valence-corrected chi connectivity index (χ1v) is 28.8. The van der Waals surface area contributed by atoms with Gasteiger partial charge in [0, 0.05) is 12.8 Å². The monoisotopic (exact) mass is 914 g/mol. The second-order valence-corrected chi connectivity index (χ2v) is 19.6. The van der Waals surface area contributed by atoms with E-state index in [0.29, 0.717) is 19.4 Å². The van der Waals surface area contributed by atoms with Gasteiger partial charge in [-0.15, -0.1) is 0 Å². The number of amides is 1. The van der Waals surface area contributed by atoms with E-state index in [-0.39, 0.29) is 18.5 Å². The average Bonchev–Trinajstić information content (AvgIpc) is 3.31. The van der Waals surface area contributed by atoms with Crippen molar-refractivity contribution in [3.63, 3.8) is 0 Å². The maximum Gasteiger partial charge on any atom is 0.305 e. The number of allylic oxidation sites excluding steroid dienone is 5. The number of esters is 1. The molecular weight excluding hydrogens is 803 g/mol. The molecule has 0 aromatic rings. The lowest BCUT2D eigenvalue weighted by atomic mass is 10.0. The predicted molar refractivity (Wildman–Crippen MR) is 283 cm³/mol. The van der Waals surface area contributed by atoms with Gasteiger partial charge in [0.25, 0.3) is 0 Å². The first kappa shape index (κ1) is 63.1. The number of hydrogen-bond donors (Lipinski definition) is 3. The molecule has 0 aromatic carbocycles. The highest BCUT2D eigenvalue weighted by molar-refractivity contribution is 5.76. The maximum atomic E-state index is 12.5. The number of carbonyl (C=O) groups is 2. The zero-order valence-electron chi connectivity index (χ0n) is 43.5. The first-order valence-electron chi connectivity index (χ1n) is 28.8. The Bertz CT molecular complexity index is 1060. The SMILES string of the molecule is CCCCCCCC/C=C\CCCCCCCCCC(=O)OCCCC/C=C\CCCCCCC(=O)NC(CO)C(O)/C=C/CCCCCCCCCCCCCCCCCCCCC. The number of hydrogen-bond acceptors (Lipinski definition) is 5. The molecular formula is C59H111NO5. The van der Waals surface area contributed by atoms with Gasteiger partial charge in [0.2, 0.25) is 5.91 Å². The molecule has 0 saturated heterocycles. The molecule has 0 heterocycles. The quantitative estimate of drug-likeness (QED) is 0.0321. The van der Waals surface area contributed by atoms with Gasteiger partial charge in [-0.25, -0.2) is 0 Å². The number of aliphatic hydroxyl groups is 2. The minimum absolute atomic E-state index is 0.0415. The van der Waals surface area contributed by atoms with Crippen LogP contribution in [0.4, 0.5) is 0 Å². The van der Waals surface area contributed by atoms with Crippen molar-refractivity contribution in [3.05, 3.63) is 36.5 Å². The summed E-state index contributed by atoms with van der Waals surface area (Å²) in [6.07, 6.45) is 67.4. The lowest BCUT2D eigenvalue weighted by Gasteiger charge is -2.20. The predicted octanol–water partition coefficient (Wildman–Crippen LogP) is 17.6. The van der Waals surface area contributed by atoms with Crippen LogP contribution in [0.25, 0.3) is 0 Å². The zero-order valence-corrected chi connectivity index (χ0v) is 43.5. The topological polar surface area (TPSA) is 95.9 Å². The van der Waals surface area contributed by atoms with Crippen molar-refractivity contribution >= 4 is 11.9 Å². The van der Waals surface area contributed by atoms with Gasteiger partial charge in [0.15, 0.2) is 0 Å². The second kappa shape index (κ2) is 54.7. The molecule has 3 N–H and O–H groups in total. The van der Waals surface area contributed by atoms with Gasteiger partial charge in [-0.3, -0.25) is 9.59 Å². The highest BCUT2D eigenvalue weighted by atomic mass is 16.5. The van der Waals surface area contributed by atoms with Crippen molar-refractivity contribution in [3.8, 4) is 0 Å². The van der Waals surface area contributed by atoms with Crippen LogP contribution in [0.2, 0.25) is 0 Å². The third kappa shape index (κ3) is 51.3. The molecule has 0 aliphatic heterocycles. The Balaban J connectivity index is 3.55. The molecule has 0 radical (unpaired) electrons. The Hall–Kier alpha value is -1.92. The number of unbranched alkanes of at least 4 members (excludes halogenated alkanes) is 38. The molecule has 1 amide bonds. The minimum atomic E-state index is -0.868. The molecule has 0 bridgehead atoms. The molecule has 0 aromatic heterocycles. The van der Waals surface area contributed by atoms with Crippen LogP contribution in [0.15, 0.2) is 36.5 Å². The van der Waals surface area contributed by atoms with Crippen LogP contribution in [0.5, 0.6) is 0 Å². The number of rotatable bonds is 53. The van der Waals surface area contributed by atoms with Crippen molar-refractivity contribution in [2.24, 2.45) is 0 Å². The van der Waals surface area contributed by atoms with E-state index in [2.05, 4.69) is 43.5 Å². The summed E-state index contributed by atoms with van der Waals surface area (Å²) < 4.78 is 5.44. The first-order chi connectivity index (χ1) is 32.0. The van der Waals surface area contributed by atoms with Crippen molar-refractivity contribution in [1.82, 2.24) is 5.32 Å². The zero-order chi connectivity index (χ0) is 47.2. The number of ether oxygens (including phenoxy) is 1. The molecule has 2 atom stereocenters. The van der Waals surface area contributed by atoms with Crippen molar-refractivity contribution < 1.29 is 24.5 Å². The summed E-state index contributed by atoms with van der Waals surface area (Å²) in [5.74, 6) is -0.144. The third-order valence-electron chi connectivity index (χ3n) is 13.1. The summed E-state index contributed by atoms with van der Waals surface area (Å²) >= 11 is 0. The Labute approximate surface area is 404 Å². The van der Waals surface area contributed by atoms with Crippen LogP contribution in [0.3, 0.4) is 0 Å². The van der Waals surface area contributed by atoms with Gasteiger partial charge in [-0.2, -0.15) is 0 Å². The van der Waals surface area contributed by atoms with E-state index >= 15 is 0 Å². The molecule has 65 heavy (non-hydrogen) atoms. The summed E-state index contributed by atoms with van der Waals surface area (Å²) in [4.78, 5) is 24.5. The molecule has 0 spiro atoms. The van der Waals surface area contributed by atoms with Crippen molar-refractivity contribution in [1.29, 1.82) is 0 Å². The summed E-state index contributed by atoms with van der Waals surface area (Å²) in [6, 6.07) is -0.655. The van der Waals surface area contributed by atoms with Crippen LogP contribution in [-0.4, -0.2) is 47.4 Å². The molecule has 382 valence electrons. The van der Waals surface area contributed by atoms with Gasteiger partial charge in [-0.05, 0) is 83.5 Å². The number of aliphatic hydroxyl groups excluding tert-OH is 2. The standard InChI is InChI=1S/C59H111NO5/c1-3-5-7-9-11-13-15-17-19-21-22-23-24-26-27-29-31-35-39-43-47-51-57(62)56(55-61)60-58(63)52-48-44-40-36-33-34-38-42-46-50-54-65-59(64)53-49-45-41-37-32-30-28-25-20-18-16-14-12-10-8-6-4-2/h18,20,34,38,47,51,56-57,61-62H,3-17,19,21-33,35-37,39-46,48-50,52-55H2,1-2H3,(H,60,63)/b20-18-,38-34-,51-47+. The normalized spacial score (nSPS) is 12.9. The fourth-order valence-corrected chi connectivity index (χ4v) is 8.68. The fourth-order valence-electron chi connectivity index (χ4n) is 8.68. The lowest BCUT2D eigenvalue weighted by Crippen LogP contribution is -2.45. The molecule has 0 saturated carbocycles. The lowest BCUT2D eigenvalue weighted by molar-refractivity contribution is -0.143. The Morgan fingerprint density at radius 1 is 0.415 bits per heavy atom. The average molecular weight is 915 g/mol. The number of nitrogens with one attached hydrogen (secondary N) is 1. The van der Waals surface area contributed by atoms with Gasteiger partial charge < -0.3 is 20.3 Å². The van der Waals surface area contributed by atoms with E-state index in [1.165, 1.54) is 199 Å². The van der Waals surface area contributed by atoms with Crippen LogP contribution in [0.1, 0.15) is 303 Å². The van der Waals surface area contributed by atoms with E-state index in [1.54, 1.807) is 6.08 Å². The molecule has 6 heteroatoms. The van der Waals surface area contributed by atoms with E-state index in [1.807, 2.05) is 6.08 Å². The van der Waals surface area contributed by atoms with Gasteiger partial charge in [0.1, 0.15) is 0 Å². The van der Waals surface area contributed by atoms with Gasteiger partial charge in [0.05, 0.1) is 25.4 Å². The Kier molecular flexibility index (Phi) is 53.1. The minimum Gasteiger partial charge on any atom is -0.466 e. The van der Waals surface area contributed by atoms with E-state index in [4.69, 9.17) is 4.74 Å². The highest BCUT2D eigenvalue weighted by Gasteiger charge is 2.18. The smallest absolute Gasteiger partial charge is 0.305 e. The van der Waals surface area contributed by atoms with Crippen LogP contribution in [0, 0.1) is 0 Å². The largest absolute Gasteiger partial charge is 0.466 e. The third-order valence-corrected chi connectivity index (χ3v) is 13.1. The number of carbonyl (C=O) groups excluding carboxylic acids is 2. The van der Waals surface area contributed by atoms with Gasteiger partial charge in [-0.1, -0.05) is 243 Å². The second-order valence-electron chi connectivity index (χ2n) is 19.6. The summed E-state index contributed by atoms with van der Waals surface area (Å²) in [7, 11) is 0. The van der Waals surface area contributed by atoms with Crippen molar-refractivity contribution in [2.75, 3.05) is 13.2 Å². The van der Waals surface area contributed by atoms with Gasteiger partial charge >= 0.3 is 5.97 Å². The van der Waals surface area contributed by atoms with Crippen LogP contribution >= 0.6 is 0 Å². The van der Waals surface area contributed by atoms with E-state index < -0.39 is 12.1 Å². The summed E-state index contributed by atoms with van der Waals surface area (Å²) in [6.45, 7) is 4.82. The van der Waals surface area contributed by atoms with Crippen LogP contribution < -0.4 is 5.32 Å². The van der Waals surface area contributed by atoms with E-state index in [9.17, 15) is 19.8 Å². The molecule has 6 nitrogen and oxygen atoms in total. The molecule has 0 aliphatic carbocycles. The molecule has 0 rings (SSSR count). The molecule has 2 unspecified atom stereocenters. The summed E-state index contributed by atoms with van der Waals surface area (Å²) in [5, 5.41) is 23.1. The maximum absolute atomic E-state index is 12.5. The Morgan fingerprint density at radius 2 is 0.723 bits per heavy atom. The fraction of sp³-hybridized carbons (Fsp3) is 0.864. The molecule has 0 fully saturated rings. The summed E-state index contributed by atoms with van der Waals surface area (Å²) in [5.41, 5.74) is 0. The van der Waals surface area contributed by atoms with Crippen LogP contribution in [-0.2, 0) is 14.3 Å². The highest BCUT2D eigenvalue weighted by Crippen LogP contribution is 2.16.